The summed E-state index contributed by atoms with van der Waals surface area (Å²) in [6.45, 7) is 3.40. The van der Waals surface area contributed by atoms with Crippen LogP contribution in [0.3, 0.4) is 0 Å². The van der Waals surface area contributed by atoms with E-state index >= 15 is 0 Å². The summed E-state index contributed by atoms with van der Waals surface area (Å²) >= 11 is 5.88. The highest BCUT2D eigenvalue weighted by Gasteiger charge is 2.51. The van der Waals surface area contributed by atoms with E-state index in [0.717, 1.165) is 31.6 Å². The summed E-state index contributed by atoms with van der Waals surface area (Å²) in [6.07, 6.45) is 5.33. The van der Waals surface area contributed by atoms with Gasteiger partial charge < -0.3 is 14.2 Å². The number of halogens is 1. The van der Waals surface area contributed by atoms with E-state index in [2.05, 4.69) is 10.1 Å². The van der Waals surface area contributed by atoms with Crippen LogP contribution in [0.2, 0.25) is 5.02 Å². The van der Waals surface area contributed by atoms with Crippen LogP contribution in [-0.2, 0) is 11.2 Å². The van der Waals surface area contributed by atoms with E-state index in [-0.39, 0.29) is 23.8 Å². The minimum Gasteiger partial charge on any atom is -0.484 e. The Balaban J connectivity index is 1.45. The molecular weight excluding hydrogens is 366 g/mol. The monoisotopic (exact) mass is 389 g/mol. The summed E-state index contributed by atoms with van der Waals surface area (Å²) in [5.74, 6) is 2.20. The smallest absolute Gasteiger partial charge is 0.260 e. The van der Waals surface area contributed by atoms with Gasteiger partial charge in [-0.15, -0.1) is 0 Å². The van der Waals surface area contributed by atoms with Crippen LogP contribution >= 0.6 is 11.6 Å². The summed E-state index contributed by atoms with van der Waals surface area (Å²) in [7, 11) is 0. The van der Waals surface area contributed by atoms with Gasteiger partial charge in [-0.05, 0) is 42.5 Å². The van der Waals surface area contributed by atoms with Crippen LogP contribution in [0.15, 0.2) is 28.8 Å². The zero-order valence-electron chi connectivity index (χ0n) is 15.5. The van der Waals surface area contributed by atoms with Gasteiger partial charge in [-0.2, -0.15) is 4.98 Å². The number of carbonyl (C=O) groups excluding carboxylic acids is 1. The first-order valence-electron chi connectivity index (χ1n) is 9.58. The molecule has 2 aromatic rings. The number of hydrogen-bond donors (Lipinski definition) is 0. The lowest BCUT2D eigenvalue weighted by Gasteiger charge is -2.27. The maximum absolute atomic E-state index is 12.8. The number of hydrogen-bond acceptors (Lipinski definition) is 5. The van der Waals surface area contributed by atoms with Crippen LogP contribution in [0.1, 0.15) is 50.2 Å². The molecule has 2 heterocycles. The van der Waals surface area contributed by atoms with Gasteiger partial charge in [0.2, 0.25) is 5.89 Å². The highest BCUT2D eigenvalue weighted by Crippen LogP contribution is 2.52. The number of benzene rings is 1. The van der Waals surface area contributed by atoms with Gasteiger partial charge in [0.05, 0.1) is 0 Å². The van der Waals surface area contributed by atoms with Gasteiger partial charge in [-0.3, -0.25) is 4.79 Å². The van der Waals surface area contributed by atoms with Crippen molar-refractivity contribution < 1.29 is 14.1 Å². The molecule has 27 heavy (non-hydrogen) atoms. The standard InChI is InChI=1S/C20H24ClN3O3/c1-2-17-22-19(23-27-17)16-11-24(13-20(16)9-3-4-10-20)18(25)12-26-15-7-5-14(21)6-8-15/h5-8,16H,2-4,9-13H2,1H3/t16-/m1/s1. The average molecular weight is 390 g/mol. The minimum atomic E-state index is -0.00191. The second-order valence-corrected chi connectivity index (χ2v) is 7.98. The van der Waals surface area contributed by atoms with Crippen LogP contribution in [0.5, 0.6) is 5.75 Å². The van der Waals surface area contributed by atoms with Gasteiger partial charge in [0.1, 0.15) is 5.75 Å². The predicted molar refractivity (Wildman–Crippen MR) is 101 cm³/mol. The summed E-state index contributed by atoms with van der Waals surface area (Å²) < 4.78 is 11.0. The molecule has 1 atom stereocenters. The lowest BCUT2D eigenvalue weighted by molar-refractivity contribution is -0.132. The number of rotatable bonds is 5. The Labute approximate surface area is 163 Å². The molecule has 1 saturated carbocycles. The Bertz CT molecular complexity index is 799. The van der Waals surface area contributed by atoms with E-state index in [4.69, 9.17) is 20.9 Å². The first-order chi connectivity index (χ1) is 13.1. The fourth-order valence-electron chi connectivity index (χ4n) is 4.42. The molecule has 1 aliphatic heterocycles. The first-order valence-corrected chi connectivity index (χ1v) is 9.96. The Kier molecular flexibility index (Phi) is 5.08. The fraction of sp³-hybridized carbons (Fsp3) is 0.550. The summed E-state index contributed by atoms with van der Waals surface area (Å²) in [5.41, 5.74) is 0.0742. The van der Waals surface area contributed by atoms with Gasteiger partial charge >= 0.3 is 0 Å². The SMILES string of the molecule is CCc1nc([C@H]2CN(C(=O)COc3ccc(Cl)cc3)CC23CCCC3)no1. The van der Waals surface area contributed by atoms with Crippen LogP contribution in [0.4, 0.5) is 0 Å². The maximum Gasteiger partial charge on any atom is 0.260 e. The van der Waals surface area contributed by atoms with Crippen molar-refractivity contribution in [3.8, 4) is 5.75 Å². The molecule has 0 unspecified atom stereocenters. The van der Waals surface area contributed by atoms with Gasteiger partial charge in [-0.25, -0.2) is 0 Å². The lowest BCUT2D eigenvalue weighted by atomic mass is 9.76. The van der Waals surface area contributed by atoms with Crippen molar-refractivity contribution in [1.82, 2.24) is 15.0 Å². The molecule has 144 valence electrons. The fourth-order valence-corrected chi connectivity index (χ4v) is 4.55. The predicted octanol–water partition coefficient (Wildman–Crippen LogP) is 3.85. The highest BCUT2D eigenvalue weighted by molar-refractivity contribution is 6.30. The van der Waals surface area contributed by atoms with Crippen molar-refractivity contribution in [3.63, 3.8) is 0 Å². The summed E-state index contributed by atoms with van der Waals surface area (Å²) in [5, 5.41) is 4.86. The molecule has 0 radical (unpaired) electrons. The third-order valence-electron chi connectivity index (χ3n) is 5.87. The number of aryl methyl sites for hydroxylation is 1. The van der Waals surface area contributed by atoms with Crippen LogP contribution in [0, 0.1) is 5.41 Å². The highest BCUT2D eigenvalue weighted by atomic mass is 35.5. The molecule has 0 bridgehead atoms. The number of nitrogens with zero attached hydrogens (tertiary/aromatic N) is 3. The quantitative estimate of drug-likeness (QED) is 0.776. The van der Waals surface area contributed by atoms with Gasteiger partial charge in [-0.1, -0.05) is 36.5 Å². The second kappa shape index (κ2) is 7.50. The van der Waals surface area contributed by atoms with E-state index in [9.17, 15) is 4.79 Å². The van der Waals surface area contributed by atoms with Crippen molar-refractivity contribution in [2.45, 2.75) is 44.9 Å². The number of carbonyl (C=O) groups is 1. The van der Waals surface area contributed by atoms with Crippen LogP contribution in [-0.4, -0.2) is 40.6 Å². The Morgan fingerprint density at radius 2 is 2.07 bits per heavy atom. The molecule has 1 aromatic carbocycles. The second-order valence-electron chi connectivity index (χ2n) is 7.54. The maximum atomic E-state index is 12.8. The Morgan fingerprint density at radius 3 is 2.74 bits per heavy atom. The van der Waals surface area contributed by atoms with Gasteiger partial charge in [0.25, 0.3) is 5.91 Å². The molecule has 1 saturated heterocycles. The number of ether oxygens (including phenoxy) is 1. The van der Waals surface area contributed by atoms with Crippen molar-refractivity contribution in [1.29, 1.82) is 0 Å². The van der Waals surface area contributed by atoms with E-state index in [0.29, 0.717) is 23.2 Å². The van der Waals surface area contributed by atoms with Crippen LogP contribution < -0.4 is 4.74 Å². The Morgan fingerprint density at radius 1 is 1.33 bits per heavy atom. The number of amides is 1. The van der Waals surface area contributed by atoms with Gasteiger partial charge in [0.15, 0.2) is 12.4 Å². The third-order valence-corrected chi connectivity index (χ3v) is 6.13. The number of likely N-dealkylation sites (tertiary alicyclic amines) is 1. The molecule has 4 rings (SSSR count). The first kappa shape index (κ1) is 18.3. The summed E-state index contributed by atoms with van der Waals surface area (Å²) in [4.78, 5) is 19.3. The lowest BCUT2D eigenvalue weighted by Crippen LogP contribution is -2.34. The zero-order valence-corrected chi connectivity index (χ0v) is 16.2. The van der Waals surface area contributed by atoms with Crippen molar-refractivity contribution >= 4 is 17.5 Å². The molecule has 7 heteroatoms. The van der Waals surface area contributed by atoms with Crippen LogP contribution in [0.25, 0.3) is 0 Å². The molecule has 1 aliphatic carbocycles. The topological polar surface area (TPSA) is 68.5 Å². The molecule has 6 nitrogen and oxygen atoms in total. The van der Waals surface area contributed by atoms with E-state index in [1.54, 1.807) is 24.3 Å². The zero-order chi connectivity index (χ0) is 18.9. The molecule has 1 aromatic heterocycles. The molecule has 1 amide bonds. The summed E-state index contributed by atoms with van der Waals surface area (Å²) in [6, 6.07) is 7.05. The van der Waals surface area contributed by atoms with E-state index in [1.807, 2.05) is 11.8 Å². The average Bonchev–Trinajstić information content (AvgIpc) is 3.41. The largest absolute Gasteiger partial charge is 0.484 e. The minimum absolute atomic E-state index is 0.00191. The molecule has 2 fully saturated rings. The third kappa shape index (κ3) is 3.68. The molecule has 0 N–H and O–H groups in total. The van der Waals surface area contributed by atoms with E-state index < -0.39 is 0 Å². The Hall–Kier alpha value is -2.08. The number of aromatic nitrogens is 2. The van der Waals surface area contributed by atoms with Crippen molar-refractivity contribution in [2.24, 2.45) is 5.41 Å². The van der Waals surface area contributed by atoms with Gasteiger partial charge in [0, 0.05) is 30.5 Å². The van der Waals surface area contributed by atoms with Crippen molar-refractivity contribution in [2.75, 3.05) is 19.7 Å². The van der Waals surface area contributed by atoms with Crippen molar-refractivity contribution in [3.05, 3.63) is 41.0 Å². The van der Waals surface area contributed by atoms with E-state index in [1.165, 1.54) is 12.8 Å². The molecule has 1 spiro atoms. The molecular formula is C20H24ClN3O3. The molecule has 2 aliphatic rings. The normalized spacial score (nSPS) is 21.1.